The Bertz CT molecular complexity index is 1390. The summed E-state index contributed by atoms with van der Waals surface area (Å²) in [5, 5.41) is 16.4. The van der Waals surface area contributed by atoms with Gasteiger partial charge < -0.3 is 5.11 Å². The van der Waals surface area contributed by atoms with Gasteiger partial charge in [0.25, 0.3) is 5.95 Å². The van der Waals surface area contributed by atoms with E-state index in [0.29, 0.717) is 42.3 Å². The number of aliphatic imine (C=N–C) groups is 1. The summed E-state index contributed by atoms with van der Waals surface area (Å²) < 4.78 is 2.85. The van der Waals surface area contributed by atoms with Crippen molar-refractivity contribution < 1.29 is 5.11 Å². The predicted molar refractivity (Wildman–Crippen MR) is 143 cm³/mol. The normalized spacial score (nSPS) is 11.7. The summed E-state index contributed by atoms with van der Waals surface area (Å²) in [6.07, 6.45) is 4.85. The molecule has 3 aromatic carbocycles. The van der Waals surface area contributed by atoms with Crippen molar-refractivity contribution in [2.24, 2.45) is 10.1 Å². The van der Waals surface area contributed by atoms with Crippen LogP contribution in [-0.2, 0) is 0 Å². The minimum atomic E-state index is 0.0643. The number of phenols is 1. The zero-order valence-corrected chi connectivity index (χ0v) is 22.0. The van der Waals surface area contributed by atoms with Crippen LogP contribution < -0.4 is 0 Å². The minimum absolute atomic E-state index is 0.0643. The molecule has 0 aliphatic rings. The van der Waals surface area contributed by atoms with Gasteiger partial charge >= 0.3 is 0 Å². The van der Waals surface area contributed by atoms with E-state index in [-0.39, 0.29) is 5.75 Å². The predicted octanol–water partition coefficient (Wildman–Crippen LogP) is 8.37. The van der Waals surface area contributed by atoms with E-state index in [1.807, 2.05) is 12.1 Å². The van der Waals surface area contributed by atoms with Crippen molar-refractivity contribution in [2.45, 2.75) is 0 Å². The Kier molecular flexibility index (Phi) is 7.56. The second-order valence-corrected chi connectivity index (χ2v) is 9.82. The molecular formula is C23H13Br2Cl3N4O. The van der Waals surface area contributed by atoms with Gasteiger partial charge in [-0.05, 0) is 52.3 Å². The van der Waals surface area contributed by atoms with Gasteiger partial charge in [-0.25, -0.2) is 14.7 Å². The number of aromatic hydroxyl groups is 1. The molecule has 166 valence electrons. The van der Waals surface area contributed by atoms with Crippen molar-refractivity contribution in [2.75, 3.05) is 0 Å². The van der Waals surface area contributed by atoms with E-state index >= 15 is 0 Å². The molecule has 0 aliphatic heterocycles. The molecular weight excluding hydrogens is 614 g/mol. The molecule has 33 heavy (non-hydrogen) atoms. The first-order chi connectivity index (χ1) is 15.8. The average molecular weight is 628 g/mol. The van der Waals surface area contributed by atoms with Crippen LogP contribution >= 0.6 is 66.7 Å². The highest BCUT2D eigenvalue weighted by atomic mass is 79.9. The van der Waals surface area contributed by atoms with Crippen molar-refractivity contribution >= 4 is 85.0 Å². The summed E-state index contributed by atoms with van der Waals surface area (Å²) in [5.41, 5.74) is 2.69. The number of nitrogens with zero attached hydrogens (tertiary/aromatic N) is 4. The maximum atomic E-state index is 10.3. The van der Waals surface area contributed by atoms with E-state index in [0.717, 1.165) is 10.0 Å². The quantitative estimate of drug-likeness (QED) is 0.226. The first kappa shape index (κ1) is 24.0. The molecule has 0 spiro atoms. The number of halogens is 5. The molecule has 0 radical (unpaired) electrons. The van der Waals surface area contributed by atoms with E-state index in [4.69, 9.17) is 34.8 Å². The minimum Gasteiger partial charge on any atom is -0.506 e. The molecule has 0 bridgehead atoms. The van der Waals surface area contributed by atoms with E-state index < -0.39 is 0 Å². The molecule has 10 heteroatoms. The summed E-state index contributed by atoms with van der Waals surface area (Å²) in [6, 6.07) is 15.9. The van der Waals surface area contributed by atoms with Gasteiger partial charge in [-0.3, -0.25) is 0 Å². The molecule has 0 atom stereocenters. The fraction of sp³-hybridized carbons (Fsp3) is 0. The lowest BCUT2D eigenvalue weighted by atomic mass is 10.2. The van der Waals surface area contributed by atoms with Crippen molar-refractivity contribution in [1.29, 1.82) is 0 Å². The van der Waals surface area contributed by atoms with Crippen molar-refractivity contribution in [3.8, 4) is 17.0 Å². The third kappa shape index (κ3) is 5.86. The Morgan fingerprint density at radius 2 is 1.61 bits per heavy atom. The Morgan fingerprint density at radius 1 is 0.879 bits per heavy atom. The van der Waals surface area contributed by atoms with Gasteiger partial charge in [0, 0.05) is 37.4 Å². The summed E-state index contributed by atoms with van der Waals surface area (Å²) in [5.74, 6) is 0.367. The van der Waals surface area contributed by atoms with Crippen LogP contribution in [0.5, 0.6) is 5.75 Å². The molecule has 0 fully saturated rings. The topological polar surface area (TPSA) is 62.8 Å². The SMILES string of the molecule is Oc1c(Br)cc(Br)cc1/C=N/c1nc(-c2ccc(Cl)cc2)cn1N=Cc1ccc(Cl)cc1Cl. The van der Waals surface area contributed by atoms with Crippen LogP contribution in [0, 0.1) is 0 Å². The molecule has 0 unspecified atom stereocenters. The number of hydrogen-bond acceptors (Lipinski definition) is 4. The lowest BCUT2D eigenvalue weighted by Crippen LogP contribution is -1.91. The fourth-order valence-corrected chi connectivity index (χ4v) is 4.68. The van der Waals surface area contributed by atoms with Gasteiger partial charge in [0.2, 0.25) is 0 Å². The Morgan fingerprint density at radius 3 is 2.33 bits per heavy atom. The number of aromatic nitrogens is 2. The highest BCUT2D eigenvalue weighted by molar-refractivity contribution is 9.11. The molecule has 0 saturated heterocycles. The van der Waals surface area contributed by atoms with E-state index in [1.165, 1.54) is 10.9 Å². The van der Waals surface area contributed by atoms with Crippen LogP contribution in [0.1, 0.15) is 11.1 Å². The molecule has 4 rings (SSSR count). The molecule has 1 N–H and O–H groups in total. The Labute approximate surface area is 221 Å². The lowest BCUT2D eigenvalue weighted by molar-refractivity contribution is 0.471. The number of hydrogen-bond donors (Lipinski definition) is 1. The van der Waals surface area contributed by atoms with Crippen LogP contribution in [0.15, 0.2) is 79.8 Å². The number of benzene rings is 3. The van der Waals surface area contributed by atoms with Crippen LogP contribution in [-0.4, -0.2) is 27.2 Å². The average Bonchev–Trinajstić information content (AvgIpc) is 3.18. The largest absolute Gasteiger partial charge is 0.506 e. The van der Waals surface area contributed by atoms with Crippen LogP contribution in [0.2, 0.25) is 15.1 Å². The molecule has 1 heterocycles. The third-order valence-corrected chi connectivity index (χ3v) is 6.35. The highest BCUT2D eigenvalue weighted by Gasteiger charge is 2.10. The van der Waals surface area contributed by atoms with Gasteiger partial charge in [-0.1, -0.05) is 68.9 Å². The summed E-state index contributed by atoms with van der Waals surface area (Å²) in [4.78, 5) is 9.06. The molecule has 0 aliphatic carbocycles. The molecule has 5 nitrogen and oxygen atoms in total. The molecule has 4 aromatic rings. The van der Waals surface area contributed by atoms with Crippen LogP contribution in [0.3, 0.4) is 0 Å². The zero-order valence-electron chi connectivity index (χ0n) is 16.6. The van der Waals surface area contributed by atoms with Crippen LogP contribution in [0.25, 0.3) is 11.3 Å². The number of imidazole rings is 1. The first-order valence-corrected chi connectivity index (χ1v) is 12.1. The van der Waals surface area contributed by atoms with Crippen molar-refractivity contribution in [3.63, 3.8) is 0 Å². The maximum absolute atomic E-state index is 10.3. The third-order valence-electron chi connectivity index (χ3n) is 4.47. The van der Waals surface area contributed by atoms with E-state index in [1.54, 1.807) is 54.9 Å². The summed E-state index contributed by atoms with van der Waals surface area (Å²) in [7, 11) is 0. The molecule has 0 amide bonds. The number of phenolic OH excluding ortho intramolecular Hbond substituents is 1. The lowest BCUT2D eigenvalue weighted by Gasteiger charge is -2.03. The smallest absolute Gasteiger partial charge is 0.251 e. The summed E-state index contributed by atoms with van der Waals surface area (Å²) in [6.45, 7) is 0. The second-order valence-electron chi connectivity index (χ2n) is 6.77. The Hall–Kier alpha value is -2.16. The monoisotopic (exact) mass is 624 g/mol. The highest BCUT2D eigenvalue weighted by Crippen LogP contribution is 2.31. The first-order valence-electron chi connectivity index (χ1n) is 9.37. The van der Waals surface area contributed by atoms with E-state index in [2.05, 4.69) is 46.9 Å². The second kappa shape index (κ2) is 10.4. The van der Waals surface area contributed by atoms with Crippen molar-refractivity contribution in [3.05, 3.63) is 95.9 Å². The van der Waals surface area contributed by atoms with Gasteiger partial charge in [-0.15, -0.1) is 0 Å². The zero-order chi connectivity index (χ0) is 23.5. The maximum Gasteiger partial charge on any atom is 0.251 e. The van der Waals surface area contributed by atoms with Gasteiger partial charge in [-0.2, -0.15) is 5.10 Å². The Balaban J connectivity index is 1.75. The van der Waals surface area contributed by atoms with Gasteiger partial charge in [0.15, 0.2) is 0 Å². The van der Waals surface area contributed by atoms with Crippen molar-refractivity contribution in [1.82, 2.24) is 9.66 Å². The van der Waals surface area contributed by atoms with Crippen LogP contribution in [0.4, 0.5) is 5.95 Å². The summed E-state index contributed by atoms with van der Waals surface area (Å²) >= 11 is 25.0. The molecule has 0 saturated carbocycles. The fourth-order valence-electron chi connectivity index (χ4n) is 2.84. The number of rotatable bonds is 5. The van der Waals surface area contributed by atoms with Gasteiger partial charge in [0.05, 0.1) is 27.6 Å². The molecule has 1 aromatic heterocycles. The van der Waals surface area contributed by atoms with E-state index in [9.17, 15) is 5.11 Å². The van der Waals surface area contributed by atoms with Gasteiger partial charge in [0.1, 0.15) is 5.75 Å². The standard InChI is InChI=1S/C23H13Br2Cl3N4O/c24-16-7-15(22(33)19(25)8-16)10-29-23-31-21(13-1-4-17(26)5-2-13)12-32(23)30-11-14-3-6-18(27)9-20(14)28/h1-12,33H/b29-10+,30-11?.